The maximum Gasteiger partial charge on any atom is 0.253 e. The van der Waals surface area contributed by atoms with E-state index in [0.29, 0.717) is 38.3 Å². The Morgan fingerprint density at radius 1 is 1.20 bits per heavy atom. The van der Waals surface area contributed by atoms with Crippen molar-refractivity contribution in [3.05, 3.63) is 29.8 Å². The summed E-state index contributed by atoms with van der Waals surface area (Å²) < 4.78 is 32.8. The van der Waals surface area contributed by atoms with Crippen LogP contribution in [0.3, 0.4) is 0 Å². The van der Waals surface area contributed by atoms with Crippen LogP contribution in [0.1, 0.15) is 44.0 Å². The first-order valence-electron chi connectivity index (χ1n) is 8.95. The Morgan fingerprint density at radius 3 is 2.40 bits per heavy atom. The molecule has 7 heteroatoms. The lowest BCUT2D eigenvalue weighted by molar-refractivity contribution is 0.0265. The Labute approximate surface area is 150 Å². The Kier molecular flexibility index (Phi) is 6.98. The number of rotatable bonds is 7. The molecule has 1 atom stereocenters. The highest BCUT2D eigenvalue weighted by Gasteiger charge is 2.30. The zero-order valence-electron chi connectivity index (χ0n) is 15.3. The van der Waals surface area contributed by atoms with E-state index in [1.54, 1.807) is 17.0 Å². The van der Waals surface area contributed by atoms with Crippen LogP contribution in [-0.2, 0) is 14.8 Å². The molecule has 6 nitrogen and oxygen atoms in total. The summed E-state index contributed by atoms with van der Waals surface area (Å²) in [7, 11) is -3.56. The van der Waals surface area contributed by atoms with E-state index in [1.165, 1.54) is 16.4 Å². The van der Waals surface area contributed by atoms with Crippen LogP contribution >= 0.6 is 0 Å². The molecule has 0 bridgehead atoms. The largest absolute Gasteiger partial charge is 0.377 e. The normalized spacial score (nSPS) is 18.9. The third-order valence-corrected chi connectivity index (χ3v) is 6.41. The first kappa shape index (κ1) is 19.9. The van der Waals surface area contributed by atoms with Crippen LogP contribution in [0, 0.1) is 0 Å². The Bertz CT molecular complexity index is 667. The van der Waals surface area contributed by atoms with Crippen molar-refractivity contribution in [3.63, 3.8) is 0 Å². The second kappa shape index (κ2) is 8.78. The Morgan fingerprint density at radius 2 is 1.84 bits per heavy atom. The summed E-state index contributed by atoms with van der Waals surface area (Å²) in [6.45, 7) is 8.49. The lowest BCUT2D eigenvalue weighted by Crippen LogP contribution is -2.43. The molecule has 1 saturated heterocycles. The molecule has 1 aliphatic rings. The lowest BCUT2D eigenvalue weighted by atomic mass is 10.1. The lowest BCUT2D eigenvalue weighted by Gasteiger charge is -2.31. The molecule has 0 aliphatic carbocycles. The van der Waals surface area contributed by atoms with Crippen LogP contribution in [-0.4, -0.2) is 62.4 Å². The van der Waals surface area contributed by atoms with Crippen LogP contribution in [0.4, 0.5) is 0 Å². The van der Waals surface area contributed by atoms with E-state index in [2.05, 4.69) is 0 Å². The number of carbonyl (C=O) groups excluding carboxylic acids is 1. The summed E-state index contributed by atoms with van der Waals surface area (Å²) in [6.07, 6.45) is 1.64. The smallest absolute Gasteiger partial charge is 0.253 e. The number of benzene rings is 1. The van der Waals surface area contributed by atoms with E-state index in [-0.39, 0.29) is 16.9 Å². The van der Waals surface area contributed by atoms with Gasteiger partial charge in [0.25, 0.3) is 5.91 Å². The van der Waals surface area contributed by atoms with Gasteiger partial charge >= 0.3 is 0 Å². The third-order valence-electron chi connectivity index (χ3n) is 4.53. The standard InChI is InChI=1S/C18H28N2O4S/c1-4-19(5-2)18(21)15-9-11-17(12-10-15)25(22,23)20-13-7-8-16(14-20)24-6-3/h9-12,16H,4-8,13-14H2,1-3H3. The first-order chi connectivity index (χ1) is 11.9. The maximum absolute atomic E-state index is 12.8. The number of hydrogen-bond donors (Lipinski definition) is 0. The van der Waals surface area contributed by atoms with Crippen LogP contribution < -0.4 is 0 Å². The zero-order chi connectivity index (χ0) is 18.4. The highest BCUT2D eigenvalue weighted by molar-refractivity contribution is 7.89. The zero-order valence-corrected chi connectivity index (χ0v) is 16.1. The maximum atomic E-state index is 12.8. The molecular weight excluding hydrogens is 340 g/mol. The van der Waals surface area contributed by atoms with Crippen molar-refractivity contribution in [1.29, 1.82) is 0 Å². The van der Waals surface area contributed by atoms with Crippen molar-refractivity contribution >= 4 is 15.9 Å². The number of sulfonamides is 1. The van der Waals surface area contributed by atoms with Crippen LogP contribution in [0.25, 0.3) is 0 Å². The van der Waals surface area contributed by atoms with Crippen molar-refractivity contribution in [3.8, 4) is 0 Å². The minimum atomic E-state index is -3.56. The molecule has 1 aromatic carbocycles. The molecule has 1 unspecified atom stereocenters. The van der Waals surface area contributed by atoms with E-state index in [1.807, 2.05) is 20.8 Å². The topological polar surface area (TPSA) is 66.9 Å². The summed E-state index contributed by atoms with van der Waals surface area (Å²) in [5.74, 6) is -0.0802. The van der Waals surface area contributed by atoms with E-state index < -0.39 is 10.0 Å². The van der Waals surface area contributed by atoms with Crippen molar-refractivity contribution in [2.24, 2.45) is 0 Å². The number of hydrogen-bond acceptors (Lipinski definition) is 4. The Balaban J connectivity index is 2.16. The number of ether oxygens (including phenoxy) is 1. The predicted octanol–water partition coefficient (Wildman–Crippen LogP) is 2.36. The molecule has 1 fully saturated rings. The number of piperidine rings is 1. The quantitative estimate of drug-likeness (QED) is 0.741. The van der Waals surface area contributed by atoms with Gasteiger partial charge in [0.15, 0.2) is 0 Å². The summed E-state index contributed by atoms with van der Waals surface area (Å²) in [6, 6.07) is 6.24. The monoisotopic (exact) mass is 368 g/mol. The SMILES string of the molecule is CCOC1CCCN(S(=O)(=O)c2ccc(C(=O)N(CC)CC)cc2)C1. The summed E-state index contributed by atoms with van der Waals surface area (Å²) in [5, 5.41) is 0. The second-order valence-electron chi connectivity index (χ2n) is 6.08. The number of carbonyl (C=O) groups is 1. The molecule has 0 radical (unpaired) electrons. The van der Waals surface area contributed by atoms with Crippen LogP contribution in [0.2, 0.25) is 0 Å². The van der Waals surface area contributed by atoms with E-state index in [9.17, 15) is 13.2 Å². The molecule has 2 rings (SSSR count). The average molecular weight is 368 g/mol. The van der Waals surface area contributed by atoms with Gasteiger partial charge in [-0.3, -0.25) is 4.79 Å². The summed E-state index contributed by atoms with van der Waals surface area (Å²) in [4.78, 5) is 14.3. The fraction of sp³-hybridized carbons (Fsp3) is 0.611. The highest BCUT2D eigenvalue weighted by Crippen LogP contribution is 2.22. The van der Waals surface area contributed by atoms with Crippen molar-refractivity contribution in [2.45, 2.75) is 44.6 Å². The minimum absolute atomic E-state index is 0.0444. The van der Waals surface area contributed by atoms with Gasteiger partial charge in [0.1, 0.15) is 0 Å². The van der Waals surface area contributed by atoms with Gasteiger partial charge in [-0.1, -0.05) is 0 Å². The predicted molar refractivity (Wildman–Crippen MR) is 97.1 cm³/mol. The van der Waals surface area contributed by atoms with Gasteiger partial charge in [-0.2, -0.15) is 4.31 Å². The summed E-state index contributed by atoms with van der Waals surface area (Å²) in [5.41, 5.74) is 0.508. The average Bonchev–Trinajstić information content (AvgIpc) is 2.63. The summed E-state index contributed by atoms with van der Waals surface area (Å²) >= 11 is 0. The molecule has 1 amide bonds. The van der Waals surface area contributed by atoms with Crippen molar-refractivity contribution < 1.29 is 17.9 Å². The fourth-order valence-electron chi connectivity index (χ4n) is 3.11. The molecule has 0 spiro atoms. The van der Waals surface area contributed by atoms with Gasteiger partial charge in [0.2, 0.25) is 10.0 Å². The third kappa shape index (κ3) is 4.59. The second-order valence-corrected chi connectivity index (χ2v) is 8.02. The van der Waals surface area contributed by atoms with E-state index >= 15 is 0 Å². The van der Waals surface area contributed by atoms with Gasteiger partial charge in [-0.05, 0) is 57.9 Å². The molecular formula is C18H28N2O4S. The highest BCUT2D eigenvalue weighted by atomic mass is 32.2. The van der Waals surface area contributed by atoms with Crippen LogP contribution in [0.15, 0.2) is 29.2 Å². The number of amides is 1. The van der Waals surface area contributed by atoms with E-state index in [4.69, 9.17) is 4.74 Å². The van der Waals surface area contributed by atoms with Crippen LogP contribution in [0.5, 0.6) is 0 Å². The van der Waals surface area contributed by atoms with Gasteiger partial charge in [-0.25, -0.2) is 8.42 Å². The molecule has 140 valence electrons. The minimum Gasteiger partial charge on any atom is -0.377 e. The molecule has 1 aromatic rings. The molecule has 0 N–H and O–H groups in total. The van der Waals surface area contributed by atoms with E-state index in [0.717, 1.165) is 12.8 Å². The Hall–Kier alpha value is -1.44. The molecule has 1 aliphatic heterocycles. The molecule has 0 saturated carbocycles. The van der Waals surface area contributed by atoms with Crippen molar-refractivity contribution in [1.82, 2.24) is 9.21 Å². The molecule has 0 aromatic heterocycles. The van der Waals surface area contributed by atoms with Gasteiger partial charge in [0.05, 0.1) is 11.0 Å². The first-order valence-corrected chi connectivity index (χ1v) is 10.4. The molecule has 25 heavy (non-hydrogen) atoms. The van der Waals surface area contributed by atoms with Gasteiger partial charge in [0, 0.05) is 38.3 Å². The van der Waals surface area contributed by atoms with Crippen molar-refractivity contribution in [2.75, 3.05) is 32.8 Å². The van der Waals surface area contributed by atoms with Gasteiger partial charge < -0.3 is 9.64 Å². The number of nitrogens with zero attached hydrogens (tertiary/aromatic N) is 2. The molecule has 1 heterocycles. The van der Waals surface area contributed by atoms with Gasteiger partial charge in [-0.15, -0.1) is 0 Å². The fourth-order valence-corrected chi connectivity index (χ4v) is 4.62.